The number of benzene rings is 1. The zero-order valence-corrected chi connectivity index (χ0v) is 13.5. The minimum absolute atomic E-state index is 0. The van der Waals surface area contributed by atoms with Crippen molar-refractivity contribution in [3.63, 3.8) is 0 Å². The second-order valence-electron chi connectivity index (χ2n) is 4.68. The maximum atomic E-state index is 5.73. The van der Waals surface area contributed by atoms with Crippen LogP contribution in [0.1, 0.15) is 24.8 Å². The van der Waals surface area contributed by atoms with Crippen LogP contribution in [0.2, 0.25) is 0 Å². The molecule has 1 aliphatic rings. The molecule has 0 aromatic heterocycles. The highest BCUT2D eigenvalue weighted by atomic mass is 127. The van der Waals surface area contributed by atoms with Crippen molar-refractivity contribution < 1.29 is 4.74 Å². The Morgan fingerprint density at radius 2 is 2.06 bits per heavy atom. The first-order chi connectivity index (χ1) is 8.34. The Kier molecular flexibility index (Phi) is 8.22. The summed E-state index contributed by atoms with van der Waals surface area (Å²) in [6, 6.07) is 8.54. The van der Waals surface area contributed by atoms with Gasteiger partial charge in [0.1, 0.15) is 0 Å². The molecule has 0 spiro atoms. The van der Waals surface area contributed by atoms with Gasteiger partial charge in [0.05, 0.1) is 6.61 Å². The lowest BCUT2D eigenvalue weighted by atomic mass is 9.97. The molecule has 1 aromatic carbocycles. The van der Waals surface area contributed by atoms with Crippen LogP contribution in [0.4, 0.5) is 0 Å². The summed E-state index contributed by atoms with van der Waals surface area (Å²) in [6.45, 7) is 4.00. The standard InChI is InChI=1S/C14H20INO.ClH/c15-14-5-3-13(4-6-14)11-17-9-7-12-2-1-8-16-10-12;/h3-6,12,16H,1-2,7-11H2;1H. The largest absolute Gasteiger partial charge is 0.377 e. The summed E-state index contributed by atoms with van der Waals surface area (Å²) < 4.78 is 7.01. The third kappa shape index (κ3) is 5.87. The van der Waals surface area contributed by atoms with Crippen molar-refractivity contribution in [2.24, 2.45) is 5.92 Å². The van der Waals surface area contributed by atoms with E-state index in [1.165, 1.54) is 41.5 Å². The fourth-order valence-corrected chi connectivity index (χ4v) is 2.55. The molecule has 102 valence electrons. The van der Waals surface area contributed by atoms with Gasteiger partial charge in [-0.1, -0.05) is 12.1 Å². The molecule has 0 amide bonds. The summed E-state index contributed by atoms with van der Waals surface area (Å²) in [5, 5.41) is 3.44. The van der Waals surface area contributed by atoms with Crippen LogP contribution in [-0.4, -0.2) is 19.7 Å². The van der Waals surface area contributed by atoms with E-state index in [0.29, 0.717) is 0 Å². The maximum Gasteiger partial charge on any atom is 0.0716 e. The number of hydrogen-bond acceptors (Lipinski definition) is 2. The van der Waals surface area contributed by atoms with Gasteiger partial charge in [0, 0.05) is 10.2 Å². The van der Waals surface area contributed by atoms with Crippen LogP contribution in [0.25, 0.3) is 0 Å². The number of nitrogens with one attached hydrogen (secondary N) is 1. The van der Waals surface area contributed by atoms with Crippen molar-refractivity contribution in [2.45, 2.75) is 25.9 Å². The third-order valence-electron chi connectivity index (χ3n) is 3.25. The van der Waals surface area contributed by atoms with Gasteiger partial charge in [-0.3, -0.25) is 0 Å². The van der Waals surface area contributed by atoms with Gasteiger partial charge in [-0.15, -0.1) is 12.4 Å². The summed E-state index contributed by atoms with van der Waals surface area (Å²) >= 11 is 2.32. The molecule has 1 aromatic rings. The Hall–Kier alpha value is 0.160. The SMILES string of the molecule is Cl.Ic1ccc(COCCC2CCCNC2)cc1. The summed E-state index contributed by atoms with van der Waals surface area (Å²) in [5.41, 5.74) is 1.27. The number of ether oxygens (including phenoxy) is 1. The van der Waals surface area contributed by atoms with Gasteiger partial charge in [0.25, 0.3) is 0 Å². The lowest BCUT2D eigenvalue weighted by Crippen LogP contribution is -2.30. The molecule has 1 aliphatic heterocycles. The molecule has 1 N–H and O–H groups in total. The normalized spacial score (nSPS) is 19.3. The van der Waals surface area contributed by atoms with Gasteiger partial charge in [0.15, 0.2) is 0 Å². The van der Waals surface area contributed by atoms with E-state index in [9.17, 15) is 0 Å². The van der Waals surface area contributed by atoms with Crippen LogP contribution in [0, 0.1) is 9.49 Å². The predicted molar refractivity (Wildman–Crippen MR) is 86.3 cm³/mol. The molecule has 1 fully saturated rings. The van der Waals surface area contributed by atoms with Crippen molar-refractivity contribution in [3.05, 3.63) is 33.4 Å². The molecule has 1 atom stereocenters. The third-order valence-corrected chi connectivity index (χ3v) is 3.97. The Balaban J connectivity index is 0.00000162. The average Bonchev–Trinajstić information content (AvgIpc) is 2.38. The fraction of sp³-hybridized carbons (Fsp3) is 0.571. The van der Waals surface area contributed by atoms with E-state index in [2.05, 4.69) is 52.2 Å². The monoisotopic (exact) mass is 381 g/mol. The summed E-state index contributed by atoms with van der Waals surface area (Å²) in [4.78, 5) is 0. The molecule has 0 bridgehead atoms. The van der Waals surface area contributed by atoms with Crippen LogP contribution < -0.4 is 5.32 Å². The maximum absolute atomic E-state index is 5.73. The molecule has 0 aliphatic carbocycles. The Morgan fingerprint density at radius 1 is 1.28 bits per heavy atom. The highest BCUT2D eigenvalue weighted by molar-refractivity contribution is 14.1. The van der Waals surface area contributed by atoms with Gasteiger partial charge in [0.2, 0.25) is 0 Å². The molecule has 0 saturated carbocycles. The van der Waals surface area contributed by atoms with Crippen LogP contribution in [0.3, 0.4) is 0 Å². The minimum Gasteiger partial charge on any atom is -0.377 e. The second-order valence-corrected chi connectivity index (χ2v) is 5.93. The van der Waals surface area contributed by atoms with Crippen molar-refractivity contribution in [1.29, 1.82) is 0 Å². The zero-order valence-electron chi connectivity index (χ0n) is 10.5. The lowest BCUT2D eigenvalue weighted by Gasteiger charge is -2.22. The first kappa shape index (κ1) is 16.2. The topological polar surface area (TPSA) is 21.3 Å². The molecule has 2 nitrogen and oxygen atoms in total. The molecule has 1 unspecified atom stereocenters. The first-order valence-corrected chi connectivity index (χ1v) is 7.45. The van der Waals surface area contributed by atoms with Crippen LogP contribution in [0.15, 0.2) is 24.3 Å². The quantitative estimate of drug-likeness (QED) is 0.621. The molecule has 1 saturated heterocycles. The molecule has 2 rings (SSSR count). The summed E-state index contributed by atoms with van der Waals surface area (Å²) in [6.07, 6.45) is 3.87. The van der Waals surface area contributed by atoms with Gasteiger partial charge in [-0.05, 0) is 78.6 Å². The Morgan fingerprint density at radius 3 is 2.72 bits per heavy atom. The van der Waals surface area contributed by atoms with Crippen LogP contribution >= 0.6 is 35.0 Å². The van der Waals surface area contributed by atoms with Gasteiger partial charge in [-0.2, -0.15) is 0 Å². The van der Waals surface area contributed by atoms with Crippen molar-refractivity contribution in [1.82, 2.24) is 5.32 Å². The Labute approximate surface area is 129 Å². The van der Waals surface area contributed by atoms with Crippen molar-refractivity contribution in [2.75, 3.05) is 19.7 Å². The second kappa shape index (κ2) is 9.13. The first-order valence-electron chi connectivity index (χ1n) is 6.37. The van der Waals surface area contributed by atoms with E-state index in [1.807, 2.05) is 0 Å². The molecular formula is C14H21ClINO. The van der Waals surface area contributed by atoms with E-state index < -0.39 is 0 Å². The average molecular weight is 382 g/mol. The number of hydrogen-bond donors (Lipinski definition) is 1. The van der Waals surface area contributed by atoms with Gasteiger partial charge >= 0.3 is 0 Å². The molecular weight excluding hydrogens is 361 g/mol. The van der Waals surface area contributed by atoms with Crippen LogP contribution in [-0.2, 0) is 11.3 Å². The van der Waals surface area contributed by atoms with Gasteiger partial charge < -0.3 is 10.1 Å². The van der Waals surface area contributed by atoms with E-state index in [1.54, 1.807) is 0 Å². The summed E-state index contributed by atoms with van der Waals surface area (Å²) in [5.74, 6) is 0.820. The van der Waals surface area contributed by atoms with E-state index in [4.69, 9.17) is 4.74 Å². The number of piperidine rings is 1. The van der Waals surface area contributed by atoms with Gasteiger partial charge in [-0.25, -0.2) is 0 Å². The van der Waals surface area contributed by atoms with Crippen molar-refractivity contribution >= 4 is 35.0 Å². The minimum atomic E-state index is 0. The van der Waals surface area contributed by atoms with E-state index in [-0.39, 0.29) is 12.4 Å². The molecule has 18 heavy (non-hydrogen) atoms. The van der Waals surface area contributed by atoms with Crippen molar-refractivity contribution in [3.8, 4) is 0 Å². The Bertz CT molecular complexity index is 325. The highest BCUT2D eigenvalue weighted by Crippen LogP contribution is 2.14. The molecule has 0 radical (unpaired) electrons. The predicted octanol–water partition coefficient (Wildman–Crippen LogP) is 3.62. The number of rotatable bonds is 5. The lowest BCUT2D eigenvalue weighted by molar-refractivity contribution is 0.103. The number of halogens is 2. The smallest absolute Gasteiger partial charge is 0.0716 e. The van der Waals surface area contributed by atoms with Crippen LogP contribution in [0.5, 0.6) is 0 Å². The summed E-state index contributed by atoms with van der Waals surface area (Å²) in [7, 11) is 0. The highest BCUT2D eigenvalue weighted by Gasteiger charge is 2.12. The molecule has 4 heteroatoms. The fourth-order valence-electron chi connectivity index (χ4n) is 2.19. The van der Waals surface area contributed by atoms with E-state index in [0.717, 1.165) is 19.1 Å². The zero-order chi connectivity index (χ0) is 11.9. The molecule has 1 heterocycles. The van der Waals surface area contributed by atoms with E-state index >= 15 is 0 Å².